The SMILES string of the molecule is CCOc1cc(C=CC(=O)Nc2cccc(C(=O)NCC(=O)OC)c2)cc(Cl)c1OC. The predicted molar refractivity (Wildman–Crippen MR) is 118 cm³/mol. The molecule has 0 spiro atoms. The van der Waals surface area contributed by atoms with Gasteiger partial charge in [0.05, 0.1) is 25.8 Å². The Morgan fingerprint density at radius 1 is 1.13 bits per heavy atom. The van der Waals surface area contributed by atoms with E-state index in [2.05, 4.69) is 15.4 Å². The van der Waals surface area contributed by atoms with Crippen LogP contribution in [0.4, 0.5) is 5.69 Å². The van der Waals surface area contributed by atoms with E-state index in [-0.39, 0.29) is 12.1 Å². The van der Waals surface area contributed by atoms with Gasteiger partial charge in [0, 0.05) is 17.3 Å². The summed E-state index contributed by atoms with van der Waals surface area (Å²) < 4.78 is 15.2. The van der Waals surface area contributed by atoms with E-state index in [0.717, 1.165) is 0 Å². The first-order chi connectivity index (χ1) is 14.9. The number of carbonyl (C=O) groups excluding carboxylic acids is 3. The van der Waals surface area contributed by atoms with Crippen molar-refractivity contribution in [3.8, 4) is 11.5 Å². The first-order valence-corrected chi connectivity index (χ1v) is 9.70. The smallest absolute Gasteiger partial charge is 0.325 e. The zero-order valence-corrected chi connectivity index (χ0v) is 18.1. The second-order valence-electron chi connectivity index (χ2n) is 6.13. The van der Waals surface area contributed by atoms with Crippen LogP contribution < -0.4 is 20.1 Å². The number of esters is 1. The molecule has 0 aromatic heterocycles. The standard InChI is InChI=1S/C22H23ClN2O6/c1-4-31-18-11-14(10-17(23)21(18)30-3)8-9-19(26)25-16-7-5-6-15(12-16)22(28)24-13-20(27)29-2/h5-12H,4,13H2,1-3H3,(H,24,28)(H,25,26). The molecule has 2 rings (SSSR count). The molecule has 0 heterocycles. The fourth-order valence-corrected chi connectivity index (χ4v) is 2.86. The molecule has 2 aromatic rings. The lowest BCUT2D eigenvalue weighted by Crippen LogP contribution is -2.30. The van der Waals surface area contributed by atoms with Crippen molar-refractivity contribution in [2.24, 2.45) is 0 Å². The van der Waals surface area contributed by atoms with Gasteiger partial charge in [-0.3, -0.25) is 14.4 Å². The largest absolute Gasteiger partial charge is 0.491 e. The van der Waals surface area contributed by atoms with Crippen molar-refractivity contribution in [1.82, 2.24) is 5.32 Å². The summed E-state index contributed by atoms with van der Waals surface area (Å²) in [4.78, 5) is 35.5. The summed E-state index contributed by atoms with van der Waals surface area (Å²) >= 11 is 6.21. The van der Waals surface area contributed by atoms with Crippen molar-refractivity contribution in [2.45, 2.75) is 6.92 Å². The Morgan fingerprint density at radius 3 is 2.58 bits per heavy atom. The highest BCUT2D eigenvalue weighted by Crippen LogP contribution is 2.36. The summed E-state index contributed by atoms with van der Waals surface area (Å²) in [6.45, 7) is 2.03. The number of hydrogen-bond donors (Lipinski definition) is 2. The number of halogens is 1. The summed E-state index contributed by atoms with van der Waals surface area (Å²) in [7, 11) is 2.73. The lowest BCUT2D eigenvalue weighted by molar-refractivity contribution is -0.139. The number of carbonyl (C=O) groups is 3. The summed E-state index contributed by atoms with van der Waals surface area (Å²) in [6, 6.07) is 9.68. The van der Waals surface area contributed by atoms with Crippen LogP contribution in [0.15, 0.2) is 42.5 Å². The summed E-state index contributed by atoms with van der Waals surface area (Å²) in [5.74, 6) is -0.532. The van der Waals surface area contributed by atoms with Gasteiger partial charge in [-0.05, 0) is 48.9 Å². The number of ether oxygens (including phenoxy) is 3. The molecule has 8 nitrogen and oxygen atoms in total. The average Bonchev–Trinajstić information content (AvgIpc) is 2.76. The maximum absolute atomic E-state index is 12.3. The van der Waals surface area contributed by atoms with Crippen molar-refractivity contribution in [3.05, 3.63) is 58.6 Å². The number of benzene rings is 2. The number of nitrogens with one attached hydrogen (secondary N) is 2. The lowest BCUT2D eigenvalue weighted by atomic mass is 10.1. The van der Waals surface area contributed by atoms with E-state index < -0.39 is 17.8 Å². The second-order valence-corrected chi connectivity index (χ2v) is 6.54. The van der Waals surface area contributed by atoms with Crippen molar-refractivity contribution >= 4 is 41.1 Å². The van der Waals surface area contributed by atoms with E-state index in [4.69, 9.17) is 21.1 Å². The third kappa shape index (κ3) is 7.04. The van der Waals surface area contributed by atoms with Gasteiger partial charge >= 0.3 is 5.97 Å². The Morgan fingerprint density at radius 2 is 1.90 bits per heavy atom. The van der Waals surface area contributed by atoms with Crippen LogP contribution in [0, 0.1) is 0 Å². The van der Waals surface area contributed by atoms with Gasteiger partial charge in [-0.2, -0.15) is 0 Å². The zero-order valence-electron chi connectivity index (χ0n) is 17.4. The molecule has 2 aromatic carbocycles. The highest BCUT2D eigenvalue weighted by atomic mass is 35.5. The highest BCUT2D eigenvalue weighted by Gasteiger charge is 2.11. The van der Waals surface area contributed by atoms with Gasteiger partial charge in [0.15, 0.2) is 11.5 Å². The Kier molecular flexibility index (Phi) is 8.90. The molecule has 0 aliphatic rings. The summed E-state index contributed by atoms with van der Waals surface area (Å²) in [6.07, 6.45) is 2.91. The van der Waals surface area contributed by atoms with Gasteiger partial charge in [-0.1, -0.05) is 17.7 Å². The van der Waals surface area contributed by atoms with E-state index in [9.17, 15) is 14.4 Å². The van der Waals surface area contributed by atoms with Gasteiger partial charge in [0.25, 0.3) is 5.91 Å². The van der Waals surface area contributed by atoms with Gasteiger partial charge in [-0.25, -0.2) is 0 Å². The Balaban J connectivity index is 2.07. The number of rotatable bonds is 9. The first-order valence-electron chi connectivity index (χ1n) is 9.32. The van der Waals surface area contributed by atoms with Gasteiger partial charge in [0.2, 0.25) is 5.91 Å². The van der Waals surface area contributed by atoms with E-state index in [1.807, 2.05) is 6.92 Å². The number of hydrogen-bond acceptors (Lipinski definition) is 6. The number of methoxy groups -OCH3 is 2. The molecule has 0 atom stereocenters. The van der Waals surface area contributed by atoms with Crippen molar-refractivity contribution in [2.75, 3.05) is 32.7 Å². The molecule has 0 aliphatic heterocycles. The third-order valence-corrected chi connectivity index (χ3v) is 4.26. The van der Waals surface area contributed by atoms with E-state index in [0.29, 0.717) is 34.4 Å². The monoisotopic (exact) mass is 446 g/mol. The van der Waals surface area contributed by atoms with E-state index in [1.165, 1.54) is 26.4 Å². The van der Waals surface area contributed by atoms with Crippen LogP contribution in [0.3, 0.4) is 0 Å². The molecular weight excluding hydrogens is 424 g/mol. The van der Waals surface area contributed by atoms with E-state index >= 15 is 0 Å². The van der Waals surface area contributed by atoms with Crippen LogP contribution in [-0.4, -0.2) is 45.2 Å². The van der Waals surface area contributed by atoms with Crippen LogP contribution in [0.25, 0.3) is 6.08 Å². The van der Waals surface area contributed by atoms with E-state index in [1.54, 1.807) is 36.4 Å². The van der Waals surface area contributed by atoms with Gasteiger partial charge < -0.3 is 24.8 Å². The third-order valence-electron chi connectivity index (χ3n) is 3.98. The number of amides is 2. The molecule has 31 heavy (non-hydrogen) atoms. The van der Waals surface area contributed by atoms with Crippen LogP contribution >= 0.6 is 11.6 Å². The maximum Gasteiger partial charge on any atom is 0.325 e. The molecule has 0 saturated carbocycles. The van der Waals surface area contributed by atoms with Crippen molar-refractivity contribution in [1.29, 1.82) is 0 Å². The molecule has 0 aliphatic carbocycles. The zero-order chi connectivity index (χ0) is 22.8. The maximum atomic E-state index is 12.3. The van der Waals surface area contributed by atoms with Crippen molar-refractivity contribution < 1.29 is 28.6 Å². The minimum atomic E-state index is -0.561. The minimum absolute atomic E-state index is 0.247. The van der Waals surface area contributed by atoms with Crippen LogP contribution in [-0.2, 0) is 14.3 Å². The normalized spacial score (nSPS) is 10.5. The topological polar surface area (TPSA) is 103 Å². The Bertz CT molecular complexity index is 990. The molecule has 0 fully saturated rings. The first kappa shape index (κ1) is 23.8. The summed E-state index contributed by atoms with van der Waals surface area (Å²) in [5.41, 5.74) is 1.36. The number of anilines is 1. The molecule has 0 unspecified atom stereocenters. The van der Waals surface area contributed by atoms with Gasteiger partial charge in [-0.15, -0.1) is 0 Å². The molecule has 164 valence electrons. The predicted octanol–water partition coefficient (Wildman–Crippen LogP) is 3.30. The molecule has 9 heteroatoms. The Labute approximate surface area is 185 Å². The van der Waals surface area contributed by atoms with Crippen LogP contribution in [0.1, 0.15) is 22.8 Å². The quantitative estimate of drug-likeness (QED) is 0.452. The molecule has 2 N–H and O–H groups in total. The summed E-state index contributed by atoms with van der Waals surface area (Å²) in [5, 5.41) is 5.47. The lowest BCUT2D eigenvalue weighted by Gasteiger charge is -2.11. The van der Waals surface area contributed by atoms with Gasteiger partial charge in [0.1, 0.15) is 6.54 Å². The molecule has 0 bridgehead atoms. The molecule has 0 radical (unpaired) electrons. The Hall–Kier alpha value is -3.52. The van der Waals surface area contributed by atoms with Crippen LogP contribution in [0.5, 0.6) is 11.5 Å². The molecule has 0 saturated heterocycles. The highest BCUT2D eigenvalue weighted by molar-refractivity contribution is 6.32. The average molecular weight is 447 g/mol. The second kappa shape index (κ2) is 11.6. The van der Waals surface area contributed by atoms with Crippen molar-refractivity contribution in [3.63, 3.8) is 0 Å². The minimum Gasteiger partial charge on any atom is -0.491 e. The van der Waals surface area contributed by atoms with Crippen LogP contribution in [0.2, 0.25) is 5.02 Å². The fourth-order valence-electron chi connectivity index (χ4n) is 2.57. The molecule has 2 amide bonds. The molecular formula is C22H23ClN2O6. The fraction of sp³-hybridized carbons (Fsp3) is 0.227.